The number of nitrogens with zero attached hydrogens (tertiary/aromatic N) is 1. The predicted molar refractivity (Wildman–Crippen MR) is 31.8 cm³/mol. The third kappa shape index (κ3) is 1.46. The number of likely N-dealkylation sites (tertiary alicyclic amines) is 1. The highest BCUT2D eigenvalue weighted by atomic mass is 19.4. The third-order valence-electron chi connectivity index (χ3n) is 1.87. The number of rotatable bonds is 0. The quantitative estimate of drug-likeness (QED) is 0.530. The van der Waals surface area contributed by atoms with Crippen LogP contribution in [0.3, 0.4) is 0 Å². The maximum Gasteiger partial charge on any atom is 0.408 e. The summed E-state index contributed by atoms with van der Waals surface area (Å²) in [5, 5.41) is 0. The van der Waals surface area contributed by atoms with Gasteiger partial charge in [-0.2, -0.15) is 13.2 Å². The van der Waals surface area contributed by atoms with Crippen LogP contribution in [0.4, 0.5) is 13.2 Å². The van der Waals surface area contributed by atoms with Gasteiger partial charge in [0.05, 0.1) is 0 Å². The number of carbonyl (C=O) groups excluding carboxylic acids is 1. The molecule has 1 atom stereocenters. The lowest BCUT2D eigenvalue weighted by molar-refractivity contribution is -0.177. The van der Waals surface area contributed by atoms with Crippen LogP contribution < -0.4 is 0 Å². The fourth-order valence-corrected chi connectivity index (χ4v) is 1.19. The second-order valence-corrected chi connectivity index (χ2v) is 2.60. The van der Waals surface area contributed by atoms with Gasteiger partial charge in [0.15, 0.2) is 0 Å². The summed E-state index contributed by atoms with van der Waals surface area (Å²) in [7, 11) is 1.19. The van der Waals surface area contributed by atoms with E-state index in [0.29, 0.717) is 0 Å². The van der Waals surface area contributed by atoms with Crippen LogP contribution in [0.2, 0.25) is 0 Å². The molecule has 0 saturated carbocycles. The Kier molecular flexibility index (Phi) is 1.82. The first-order chi connectivity index (χ1) is 4.93. The van der Waals surface area contributed by atoms with Crippen molar-refractivity contribution in [1.82, 2.24) is 4.90 Å². The Hall–Kier alpha value is -0.740. The number of hydrogen-bond acceptors (Lipinski definition) is 1. The van der Waals surface area contributed by atoms with E-state index in [0.717, 1.165) is 4.90 Å². The molecule has 1 rings (SSSR count). The molecule has 0 bridgehead atoms. The van der Waals surface area contributed by atoms with Gasteiger partial charge in [0.2, 0.25) is 5.91 Å². The normalized spacial score (nSPS) is 26.4. The standard InChI is InChI=1S/C6H8F3NO/c1-10-4(6(7,8)9)2-3-5(10)11/h4H,2-3H2,1H3/t4-/m0/s1. The van der Waals surface area contributed by atoms with Crippen LogP contribution in [0.1, 0.15) is 12.8 Å². The molecule has 1 heterocycles. The number of halogens is 3. The number of alkyl halides is 3. The van der Waals surface area contributed by atoms with Crippen molar-refractivity contribution >= 4 is 5.91 Å². The molecule has 0 radical (unpaired) electrons. The maximum absolute atomic E-state index is 12.0. The van der Waals surface area contributed by atoms with Crippen molar-refractivity contribution in [3.05, 3.63) is 0 Å². The smallest absolute Gasteiger partial charge is 0.334 e. The molecule has 1 aliphatic rings. The molecule has 64 valence electrons. The van der Waals surface area contributed by atoms with Gasteiger partial charge < -0.3 is 4.90 Å². The summed E-state index contributed by atoms with van der Waals surface area (Å²) in [5.41, 5.74) is 0. The van der Waals surface area contributed by atoms with Crippen molar-refractivity contribution in [2.45, 2.75) is 25.1 Å². The molecular formula is C6H8F3NO. The predicted octanol–water partition coefficient (Wildman–Crippen LogP) is 1.17. The molecule has 5 heteroatoms. The first-order valence-corrected chi connectivity index (χ1v) is 3.25. The Morgan fingerprint density at radius 2 is 2.09 bits per heavy atom. The Labute approximate surface area is 62.0 Å². The van der Waals surface area contributed by atoms with E-state index in [1.807, 2.05) is 0 Å². The van der Waals surface area contributed by atoms with Crippen LogP contribution in [0.5, 0.6) is 0 Å². The minimum absolute atomic E-state index is 0.0146. The fraction of sp³-hybridized carbons (Fsp3) is 0.833. The van der Waals surface area contributed by atoms with E-state index in [-0.39, 0.29) is 12.8 Å². The Bertz CT molecular complexity index is 177. The van der Waals surface area contributed by atoms with E-state index in [1.165, 1.54) is 7.05 Å². The SMILES string of the molecule is CN1C(=O)CC[C@H]1C(F)(F)F. The molecule has 0 spiro atoms. The average molecular weight is 167 g/mol. The highest BCUT2D eigenvalue weighted by Gasteiger charge is 2.47. The van der Waals surface area contributed by atoms with Gasteiger partial charge in [-0.05, 0) is 6.42 Å². The maximum atomic E-state index is 12.0. The summed E-state index contributed by atoms with van der Waals surface area (Å²) in [6.45, 7) is 0. The van der Waals surface area contributed by atoms with Gasteiger partial charge in [0.25, 0.3) is 0 Å². The molecule has 1 amide bonds. The zero-order chi connectivity index (χ0) is 8.65. The second kappa shape index (κ2) is 2.39. The molecule has 0 aromatic rings. The first kappa shape index (κ1) is 8.36. The zero-order valence-electron chi connectivity index (χ0n) is 5.98. The van der Waals surface area contributed by atoms with E-state index >= 15 is 0 Å². The molecule has 1 fully saturated rings. The van der Waals surface area contributed by atoms with Crippen molar-refractivity contribution in [1.29, 1.82) is 0 Å². The highest BCUT2D eigenvalue weighted by molar-refractivity contribution is 5.78. The minimum Gasteiger partial charge on any atom is -0.334 e. The molecular weight excluding hydrogens is 159 g/mol. The minimum atomic E-state index is -4.26. The summed E-state index contributed by atoms with van der Waals surface area (Å²) in [4.78, 5) is 11.4. The summed E-state index contributed by atoms with van der Waals surface area (Å²) >= 11 is 0. The molecule has 1 saturated heterocycles. The third-order valence-corrected chi connectivity index (χ3v) is 1.87. The van der Waals surface area contributed by atoms with Gasteiger partial charge in [0, 0.05) is 13.5 Å². The summed E-state index contributed by atoms with van der Waals surface area (Å²) in [6, 6.07) is -1.56. The number of amides is 1. The largest absolute Gasteiger partial charge is 0.408 e. The lowest BCUT2D eigenvalue weighted by Gasteiger charge is -2.21. The van der Waals surface area contributed by atoms with E-state index < -0.39 is 18.1 Å². The van der Waals surface area contributed by atoms with Crippen molar-refractivity contribution in [2.75, 3.05) is 7.05 Å². The van der Waals surface area contributed by atoms with Crippen LogP contribution in [0, 0.1) is 0 Å². The molecule has 0 aliphatic carbocycles. The lowest BCUT2D eigenvalue weighted by Crippen LogP contribution is -2.40. The van der Waals surface area contributed by atoms with Gasteiger partial charge >= 0.3 is 6.18 Å². The Balaban J connectivity index is 2.70. The molecule has 2 nitrogen and oxygen atoms in total. The molecule has 0 N–H and O–H groups in total. The van der Waals surface area contributed by atoms with E-state index in [9.17, 15) is 18.0 Å². The summed E-state index contributed by atoms with van der Waals surface area (Å²) < 4.78 is 36.0. The average Bonchev–Trinajstić information content (AvgIpc) is 2.11. The van der Waals surface area contributed by atoms with Crippen molar-refractivity contribution < 1.29 is 18.0 Å². The van der Waals surface area contributed by atoms with Gasteiger partial charge in [-0.15, -0.1) is 0 Å². The summed E-state index contributed by atoms with van der Waals surface area (Å²) in [6.07, 6.45) is -4.35. The molecule has 11 heavy (non-hydrogen) atoms. The van der Waals surface area contributed by atoms with Gasteiger partial charge in [-0.3, -0.25) is 4.79 Å². The van der Waals surface area contributed by atoms with Crippen molar-refractivity contribution in [3.63, 3.8) is 0 Å². The molecule has 0 unspecified atom stereocenters. The zero-order valence-corrected chi connectivity index (χ0v) is 5.98. The topological polar surface area (TPSA) is 20.3 Å². The fourth-order valence-electron chi connectivity index (χ4n) is 1.19. The first-order valence-electron chi connectivity index (χ1n) is 3.25. The Morgan fingerprint density at radius 3 is 2.27 bits per heavy atom. The lowest BCUT2D eigenvalue weighted by atomic mass is 10.2. The Morgan fingerprint density at radius 1 is 1.55 bits per heavy atom. The van der Waals surface area contributed by atoms with E-state index in [2.05, 4.69) is 0 Å². The second-order valence-electron chi connectivity index (χ2n) is 2.60. The van der Waals surface area contributed by atoms with Crippen LogP contribution in [0.25, 0.3) is 0 Å². The van der Waals surface area contributed by atoms with Crippen LogP contribution in [0.15, 0.2) is 0 Å². The molecule has 0 aromatic heterocycles. The van der Waals surface area contributed by atoms with E-state index in [4.69, 9.17) is 0 Å². The van der Waals surface area contributed by atoms with Gasteiger partial charge in [-0.25, -0.2) is 0 Å². The van der Waals surface area contributed by atoms with Crippen molar-refractivity contribution in [3.8, 4) is 0 Å². The number of carbonyl (C=O) groups is 1. The van der Waals surface area contributed by atoms with E-state index in [1.54, 1.807) is 0 Å². The van der Waals surface area contributed by atoms with Crippen LogP contribution >= 0.6 is 0 Å². The highest BCUT2D eigenvalue weighted by Crippen LogP contribution is 2.31. The summed E-state index contributed by atoms with van der Waals surface area (Å²) in [5.74, 6) is -0.424. The molecule has 0 aromatic carbocycles. The monoisotopic (exact) mass is 167 g/mol. The van der Waals surface area contributed by atoms with Crippen LogP contribution in [-0.4, -0.2) is 30.1 Å². The van der Waals surface area contributed by atoms with Crippen molar-refractivity contribution in [2.24, 2.45) is 0 Å². The van der Waals surface area contributed by atoms with Gasteiger partial charge in [-0.1, -0.05) is 0 Å². The van der Waals surface area contributed by atoms with Crippen LogP contribution in [-0.2, 0) is 4.79 Å². The number of hydrogen-bond donors (Lipinski definition) is 0. The molecule has 1 aliphatic heterocycles. The van der Waals surface area contributed by atoms with Gasteiger partial charge in [0.1, 0.15) is 6.04 Å².